The summed E-state index contributed by atoms with van der Waals surface area (Å²) in [4.78, 5) is 40.4. The molecule has 1 aliphatic heterocycles. The summed E-state index contributed by atoms with van der Waals surface area (Å²) in [6.07, 6.45) is 2.42. The van der Waals surface area contributed by atoms with Crippen molar-refractivity contribution in [3.63, 3.8) is 0 Å². The number of benzene rings is 1. The van der Waals surface area contributed by atoms with Crippen LogP contribution in [0, 0.1) is 0 Å². The van der Waals surface area contributed by atoms with Gasteiger partial charge in [0.25, 0.3) is 0 Å². The van der Waals surface area contributed by atoms with Crippen molar-refractivity contribution in [3.05, 3.63) is 23.8 Å². The van der Waals surface area contributed by atoms with Gasteiger partial charge in [-0.15, -0.1) is 0 Å². The standard InChI is InChI=1S/C19H27N3O5/c1-5-6-7-15-17(23)21(2)10-11-22(15)19(25)20-14-12-13(18(24)27-4)8-9-16(14)26-3/h8-9,12,15H,5-7,10-11H2,1-4H3,(H,20,25)/t15-/m0/s1. The van der Waals surface area contributed by atoms with Crippen LogP contribution >= 0.6 is 0 Å². The zero-order chi connectivity index (χ0) is 20.0. The van der Waals surface area contributed by atoms with Crippen LogP contribution in [0.4, 0.5) is 10.5 Å². The van der Waals surface area contributed by atoms with Gasteiger partial charge in [0.2, 0.25) is 5.91 Å². The molecule has 0 spiro atoms. The number of methoxy groups -OCH3 is 2. The lowest BCUT2D eigenvalue weighted by Crippen LogP contribution is -2.58. The van der Waals surface area contributed by atoms with E-state index in [0.29, 0.717) is 36.5 Å². The molecular formula is C19H27N3O5. The van der Waals surface area contributed by atoms with Crippen molar-refractivity contribution < 1.29 is 23.9 Å². The number of nitrogens with zero attached hydrogens (tertiary/aromatic N) is 2. The molecule has 1 N–H and O–H groups in total. The molecule has 1 aromatic carbocycles. The average Bonchev–Trinajstić information content (AvgIpc) is 2.68. The molecule has 1 aromatic rings. The minimum Gasteiger partial charge on any atom is -0.495 e. The van der Waals surface area contributed by atoms with E-state index >= 15 is 0 Å². The predicted molar refractivity (Wildman–Crippen MR) is 101 cm³/mol. The number of likely N-dealkylation sites (N-methyl/N-ethyl adjacent to an activating group) is 1. The number of ether oxygens (including phenoxy) is 2. The number of rotatable bonds is 6. The Morgan fingerprint density at radius 2 is 2.00 bits per heavy atom. The van der Waals surface area contributed by atoms with Gasteiger partial charge in [-0.3, -0.25) is 4.79 Å². The Morgan fingerprint density at radius 3 is 2.63 bits per heavy atom. The van der Waals surface area contributed by atoms with Crippen LogP contribution < -0.4 is 10.1 Å². The summed E-state index contributed by atoms with van der Waals surface area (Å²) in [5.74, 6) is -0.148. The van der Waals surface area contributed by atoms with Crippen molar-refractivity contribution in [2.75, 3.05) is 39.7 Å². The summed E-state index contributed by atoms with van der Waals surface area (Å²) in [6.45, 7) is 2.97. The Bertz CT molecular complexity index is 707. The second-order valence-corrected chi connectivity index (χ2v) is 6.45. The van der Waals surface area contributed by atoms with Crippen LogP contribution in [0.1, 0.15) is 36.5 Å². The molecular weight excluding hydrogens is 350 g/mol. The Labute approximate surface area is 159 Å². The van der Waals surface area contributed by atoms with Crippen molar-refractivity contribution in [2.45, 2.75) is 32.2 Å². The number of esters is 1. The molecule has 0 aliphatic carbocycles. The summed E-state index contributed by atoms with van der Waals surface area (Å²) < 4.78 is 9.99. The largest absolute Gasteiger partial charge is 0.495 e. The van der Waals surface area contributed by atoms with E-state index in [1.54, 1.807) is 29.0 Å². The van der Waals surface area contributed by atoms with Gasteiger partial charge in [0.1, 0.15) is 11.8 Å². The van der Waals surface area contributed by atoms with E-state index in [0.717, 1.165) is 12.8 Å². The second-order valence-electron chi connectivity index (χ2n) is 6.45. The van der Waals surface area contributed by atoms with E-state index in [4.69, 9.17) is 9.47 Å². The summed E-state index contributed by atoms with van der Waals surface area (Å²) in [7, 11) is 4.52. The first-order valence-corrected chi connectivity index (χ1v) is 9.01. The Kier molecular flexibility index (Phi) is 7.04. The van der Waals surface area contributed by atoms with Crippen molar-refractivity contribution in [1.82, 2.24) is 9.80 Å². The fourth-order valence-electron chi connectivity index (χ4n) is 3.07. The molecule has 27 heavy (non-hydrogen) atoms. The number of nitrogens with one attached hydrogen (secondary N) is 1. The molecule has 0 bridgehead atoms. The molecule has 1 saturated heterocycles. The molecule has 1 heterocycles. The number of hydrogen-bond donors (Lipinski definition) is 1. The maximum Gasteiger partial charge on any atom is 0.337 e. The maximum absolute atomic E-state index is 12.9. The quantitative estimate of drug-likeness (QED) is 0.769. The van der Waals surface area contributed by atoms with Crippen LogP contribution in [0.15, 0.2) is 18.2 Å². The monoisotopic (exact) mass is 377 g/mol. The fraction of sp³-hybridized carbons (Fsp3) is 0.526. The Balaban J connectivity index is 2.23. The van der Waals surface area contributed by atoms with Crippen LogP contribution in [0.3, 0.4) is 0 Å². The highest BCUT2D eigenvalue weighted by Gasteiger charge is 2.35. The highest BCUT2D eigenvalue weighted by Crippen LogP contribution is 2.27. The van der Waals surface area contributed by atoms with Crippen molar-refractivity contribution in [1.29, 1.82) is 0 Å². The lowest BCUT2D eigenvalue weighted by Gasteiger charge is -2.39. The van der Waals surface area contributed by atoms with Gasteiger partial charge in [0, 0.05) is 20.1 Å². The smallest absolute Gasteiger partial charge is 0.337 e. The molecule has 8 heteroatoms. The number of carbonyl (C=O) groups is 3. The zero-order valence-corrected chi connectivity index (χ0v) is 16.3. The first kappa shape index (κ1) is 20.5. The van der Waals surface area contributed by atoms with Crippen LogP contribution in [0.2, 0.25) is 0 Å². The van der Waals surface area contributed by atoms with E-state index in [2.05, 4.69) is 5.32 Å². The van der Waals surface area contributed by atoms with Crippen LogP contribution in [-0.4, -0.2) is 68.1 Å². The second kappa shape index (κ2) is 9.25. The van der Waals surface area contributed by atoms with Gasteiger partial charge >= 0.3 is 12.0 Å². The molecule has 1 aliphatic rings. The SMILES string of the molecule is CCCC[C@H]1C(=O)N(C)CCN1C(=O)Nc1cc(C(=O)OC)ccc1OC. The Morgan fingerprint density at radius 1 is 1.26 bits per heavy atom. The van der Waals surface area contributed by atoms with E-state index in [1.165, 1.54) is 20.3 Å². The molecule has 0 unspecified atom stereocenters. The molecule has 0 aromatic heterocycles. The minimum atomic E-state index is -0.510. The van der Waals surface area contributed by atoms with E-state index < -0.39 is 18.0 Å². The van der Waals surface area contributed by atoms with Gasteiger partial charge in [-0.25, -0.2) is 9.59 Å². The van der Waals surface area contributed by atoms with Crippen molar-refractivity contribution in [2.24, 2.45) is 0 Å². The topological polar surface area (TPSA) is 88.2 Å². The van der Waals surface area contributed by atoms with Gasteiger partial charge in [0.05, 0.1) is 25.5 Å². The number of anilines is 1. The van der Waals surface area contributed by atoms with Crippen molar-refractivity contribution >= 4 is 23.6 Å². The van der Waals surface area contributed by atoms with Gasteiger partial charge in [-0.2, -0.15) is 0 Å². The highest BCUT2D eigenvalue weighted by atomic mass is 16.5. The number of piperazine rings is 1. The number of amides is 3. The minimum absolute atomic E-state index is 0.0554. The molecule has 1 fully saturated rings. The van der Waals surface area contributed by atoms with E-state index in [9.17, 15) is 14.4 Å². The summed E-state index contributed by atoms with van der Waals surface area (Å²) in [5, 5.41) is 2.78. The zero-order valence-electron chi connectivity index (χ0n) is 16.3. The van der Waals surface area contributed by atoms with Crippen molar-refractivity contribution in [3.8, 4) is 5.75 Å². The third-order valence-electron chi connectivity index (χ3n) is 4.67. The van der Waals surface area contributed by atoms with E-state index in [1.807, 2.05) is 6.92 Å². The number of carbonyl (C=O) groups excluding carboxylic acids is 3. The molecule has 0 saturated carbocycles. The number of unbranched alkanes of at least 4 members (excludes halogenated alkanes) is 1. The predicted octanol–water partition coefficient (Wildman–Crippen LogP) is 2.35. The summed E-state index contributed by atoms with van der Waals surface area (Å²) in [6, 6.07) is 3.77. The average molecular weight is 377 g/mol. The molecule has 3 amide bonds. The maximum atomic E-state index is 12.9. The molecule has 0 radical (unpaired) electrons. The Hall–Kier alpha value is -2.77. The van der Waals surface area contributed by atoms with Crippen LogP contribution in [0.25, 0.3) is 0 Å². The summed E-state index contributed by atoms with van der Waals surface area (Å²) >= 11 is 0. The highest BCUT2D eigenvalue weighted by molar-refractivity contribution is 5.97. The molecule has 2 rings (SSSR count). The van der Waals surface area contributed by atoms with E-state index in [-0.39, 0.29) is 5.91 Å². The van der Waals surface area contributed by atoms with Gasteiger partial charge in [-0.1, -0.05) is 19.8 Å². The third kappa shape index (κ3) is 4.69. The van der Waals surface area contributed by atoms with Gasteiger partial charge in [-0.05, 0) is 24.6 Å². The summed E-state index contributed by atoms with van der Waals surface area (Å²) in [5.41, 5.74) is 0.650. The third-order valence-corrected chi connectivity index (χ3v) is 4.67. The van der Waals surface area contributed by atoms with Crippen LogP contribution in [0.5, 0.6) is 5.75 Å². The first-order chi connectivity index (χ1) is 12.9. The van der Waals surface area contributed by atoms with Crippen LogP contribution in [-0.2, 0) is 9.53 Å². The normalized spacial score (nSPS) is 16.9. The first-order valence-electron chi connectivity index (χ1n) is 9.01. The molecule has 148 valence electrons. The van der Waals surface area contributed by atoms with Gasteiger partial charge in [0.15, 0.2) is 0 Å². The fourth-order valence-corrected chi connectivity index (χ4v) is 3.07. The lowest BCUT2D eigenvalue weighted by molar-refractivity contribution is -0.138. The molecule has 8 nitrogen and oxygen atoms in total. The number of hydrogen-bond acceptors (Lipinski definition) is 5. The molecule has 1 atom stereocenters. The number of urea groups is 1. The van der Waals surface area contributed by atoms with Gasteiger partial charge < -0.3 is 24.6 Å². The lowest BCUT2D eigenvalue weighted by atomic mass is 10.0.